The van der Waals surface area contributed by atoms with Crippen LogP contribution in [-0.4, -0.2) is 43.4 Å². The van der Waals surface area contributed by atoms with E-state index < -0.39 is 5.97 Å². The molecule has 138 valence electrons. The summed E-state index contributed by atoms with van der Waals surface area (Å²) in [6, 6.07) is 11.8. The molecule has 8 heteroatoms. The van der Waals surface area contributed by atoms with Crippen LogP contribution in [0.5, 0.6) is 0 Å². The Balaban J connectivity index is 1.68. The summed E-state index contributed by atoms with van der Waals surface area (Å²) in [7, 11) is 0. The van der Waals surface area contributed by atoms with Crippen LogP contribution >= 0.6 is 0 Å². The van der Waals surface area contributed by atoms with Gasteiger partial charge in [0.15, 0.2) is 17.1 Å². The summed E-state index contributed by atoms with van der Waals surface area (Å²) in [6.45, 7) is 2.39. The topological polar surface area (TPSA) is 101 Å². The quantitative estimate of drug-likeness (QED) is 0.762. The molecule has 0 bridgehead atoms. The zero-order chi connectivity index (χ0) is 19.0. The zero-order valence-electron chi connectivity index (χ0n) is 14.7. The largest absolute Gasteiger partial charge is 0.477 e. The lowest BCUT2D eigenvalue weighted by Crippen LogP contribution is -2.30. The molecule has 1 N–H and O–H groups in total. The van der Waals surface area contributed by atoms with Gasteiger partial charge in [-0.2, -0.15) is 5.10 Å². The van der Waals surface area contributed by atoms with E-state index in [1.807, 2.05) is 19.1 Å². The second-order valence-corrected chi connectivity index (χ2v) is 6.49. The van der Waals surface area contributed by atoms with Crippen LogP contribution in [0.1, 0.15) is 51.3 Å². The molecule has 0 radical (unpaired) electrons. The standard InChI is InChI=1S/C19H18N4O4/c1-12-10-17(27-21-12)15-8-5-9-22(15)18(24)14-11-16(19(25)26)23(20-14)13-6-3-2-4-7-13/h2-4,6-7,10-11,15H,5,8-9H2,1H3,(H,25,26). The van der Waals surface area contributed by atoms with Crippen LogP contribution in [0, 0.1) is 6.92 Å². The first kappa shape index (κ1) is 17.0. The predicted molar refractivity (Wildman–Crippen MR) is 94.8 cm³/mol. The third-order valence-corrected chi connectivity index (χ3v) is 4.64. The fourth-order valence-corrected chi connectivity index (χ4v) is 3.40. The number of para-hydroxylation sites is 1. The molecule has 0 saturated carbocycles. The maximum absolute atomic E-state index is 13.1. The van der Waals surface area contributed by atoms with Crippen molar-refractivity contribution < 1.29 is 19.2 Å². The Hall–Kier alpha value is -3.42. The second kappa shape index (κ2) is 6.71. The van der Waals surface area contributed by atoms with Gasteiger partial charge in [-0.05, 0) is 31.9 Å². The third-order valence-electron chi connectivity index (χ3n) is 4.64. The molecule has 8 nitrogen and oxygen atoms in total. The summed E-state index contributed by atoms with van der Waals surface area (Å²) in [5.74, 6) is -0.822. The van der Waals surface area contributed by atoms with Gasteiger partial charge in [-0.25, -0.2) is 9.48 Å². The molecular formula is C19H18N4O4. The Morgan fingerprint density at radius 3 is 2.67 bits per heavy atom. The highest BCUT2D eigenvalue weighted by Gasteiger charge is 2.35. The van der Waals surface area contributed by atoms with Gasteiger partial charge in [0, 0.05) is 18.7 Å². The van der Waals surface area contributed by atoms with Crippen molar-refractivity contribution >= 4 is 11.9 Å². The van der Waals surface area contributed by atoms with E-state index in [1.54, 1.807) is 29.2 Å². The number of aromatic nitrogens is 3. The zero-order valence-corrected chi connectivity index (χ0v) is 14.7. The number of carbonyl (C=O) groups excluding carboxylic acids is 1. The van der Waals surface area contributed by atoms with E-state index in [0.29, 0.717) is 18.0 Å². The molecule has 1 fully saturated rings. The average Bonchev–Trinajstić information content (AvgIpc) is 3.40. The summed E-state index contributed by atoms with van der Waals surface area (Å²) in [5, 5.41) is 17.7. The molecule has 0 aliphatic carbocycles. The first-order valence-corrected chi connectivity index (χ1v) is 8.67. The molecule has 1 aromatic carbocycles. The van der Waals surface area contributed by atoms with Crippen molar-refractivity contribution in [2.45, 2.75) is 25.8 Å². The fourth-order valence-electron chi connectivity index (χ4n) is 3.40. The van der Waals surface area contributed by atoms with E-state index in [-0.39, 0.29) is 23.3 Å². The van der Waals surface area contributed by atoms with E-state index in [9.17, 15) is 14.7 Å². The Bertz CT molecular complexity index is 992. The van der Waals surface area contributed by atoms with Crippen molar-refractivity contribution in [1.29, 1.82) is 0 Å². The van der Waals surface area contributed by atoms with Gasteiger partial charge < -0.3 is 14.5 Å². The average molecular weight is 366 g/mol. The molecular weight excluding hydrogens is 348 g/mol. The Morgan fingerprint density at radius 2 is 2.00 bits per heavy atom. The van der Waals surface area contributed by atoms with Crippen LogP contribution in [0.4, 0.5) is 0 Å². The first-order chi connectivity index (χ1) is 13.0. The van der Waals surface area contributed by atoms with E-state index in [1.165, 1.54) is 10.7 Å². The first-order valence-electron chi connectivity index (χ1n) is 8.67. The molecule has 2 aromatic heterocycles. The minimum Gasteiger partial charge on any atom is -0.477 e. The van der Waals surface area contributed by atoms with Crippen LogP contribution in [0.15, 0.2) is 47.0 Å². The van der Waals surface area contributed by atoms with Crippen molar-refractivity contribution in [3.63, 3.8) is 0 Å². The molecule has 1 atom stereocenters. The fraction of sp³-hybridized carbons (Fsp3) is 0.263. The molecule has 27 heavy (non-hydrogen) atoms. The SMILES string of the molecule is Cc1cc(C2CCCN2C(=O)c2cc(C(=O)O)n(-c3ccccc3)n2)on1. The lowest BCUT2D eigenvalue weighted by atomic mass is 10.1. The summed E-state index contributed by atoms with van der Waals surface area (Å²) >= 11 is 0. The third kappa shape index (κ3) is 3.10. The molecule has 3 aromatic rings. The van der Waals surface area contributed by atoms with Gasteiger partial charge in [0.2, 0.25) is 0 Å². The predicted octanol–water partition coefficient (Wildman–Crippen LogP) is 2.84. The summed E-state index contributed by atoms with van der Waals surface area (Å²) < 4.78 is 6.61. The van der Waals surface area contributed by atoms with Crippen molar-refractivity contribution in [2.75, 3.05) is 6.54 Å². The number of aromatic carboxylic acids is 1. The molecule has 0 spiro atoms. The van der Waals surface area contributed by atoms with Gasteiger partial charge in [-0.1, -0.05) is 23.4 Å². The number of benzene rings is 1. The van der Waals surface area contributed by atoms with E-state index in [0.717, 1.165) is 18.5 Å². The summed E-state index contributed by atoms with van der Waals surface area (Å²) in [5.41, 5.74) is 1.37. The van der Waals surface area contributed by atoms with Gasteiger partial charge in [0.25, 0.3) is 5.91 Å². The lowest BCUT2D eigenvalue weighted by Gasteiger charge is -2.21. The Morgan fingerprint density at radius 1 is 1.22 bits per heavy atom. The number of carbonyl (C=O) groups is 2. The molecule has 3 heterocycles. The van der Waals surface area contributed by atoms with Gasteiger partial charge in [0.1, 0.15) is 0 Å². The molecule has 1 saturated heterocycles. The monoisotopic (exact) mass is 366 g/mol. The normalized spacial score (nSPS) is 16.6. The van der Waals surface area contributed by atoms with E-state index in [2.05, 4.69) is 10.3 Å². The van der Waals surface area contributed by atoms with Gasteiger partial charge in [-0.3, -0.25) is 4.79 Å². The molecule has 1 aliphatic rings. The van der Waals surface area contributed by atoms with Gasteiger partial charge >= 0.3 is 5.97 Å². The molecule has 4 rings (SSSR count). The molecule has 1 amide bonds. The van der Waals surface area contributed by atoms with Gasteiger partial charge in [0.05, 0.1) is 17.4 Å². The minimum absolute atomic E-state index is 0.0594. The molecule has 1 unspecified atom stereocenters. The second-order valence-electron chi connectivity index (χ2n) is 6.49. The highest BCUT2D eigenvalue weighted by atomic mass is 16.5. The smallest absolute Gasteiger partial charge is 0.354 e. The van der Waals surface area contributed by atoms with E-state index in [4.69, 9.17) is 4.52 Å². The number of hydrogen-bond acceptors (Lipinski definition) is 5. The number of carboxylic acid groups (broad SMARTS) is 1. The maximum atomic E-state index is 13.1. The van der Waals surface area contributed by atoms with Crippen LogP contribution in [0.3, 0.4) is 0 Å². The summed E-state index contributed by atoms with van der Waals surface area (Å²) in [4.78, 5) is 26.4. The van der Waals surface area contributed by atoms with Crippen LogP contribution in [0.2, 0.25) is 0 Å². The summed E-state index contributed by atoms with van der Waals surface area (Å²) in [6.07, 6.45) is 1.60. The van der Waals surface area contributed by atoms with Crippen molar-refractivity contribution in [3.05, 3.63) is 65.3 Å². The van der Waals surface area contributed by atoms with Crippen molar-refractivity contribution in [3.8, 4) is 5.69 Å². The van der Waals surface area contributed by atoms with Crippen LogP contribution in [0.25, 0.3) is 5.69 Å². The van der Waals surface area contributed by atoms with Crippen LogP contribution in [-0.2, 0) is 0 Å². The minimum atomic E-state index is -1.14. The number of carboxylic acids is 1. The number of rotatable bonds is 4. The number of hydrogen-bond donors (Lipinski definition) is 1. The van der Waals surface area contributed by atoms with Crippen molar-refractivity contribution in [2.24, 2.45) is 0 Å². The maximum Gasteiger partial charge on any atom is 0.354 e. The van der Waals surface area contributed by atoms with E-state index >= 15 is 0 Å². The molecule has 1 aliphatic heterocycles. The van der Waals surface area contributed by atoms with Crippen molar-refractivity contribution in [1.82, 2.24) is 19.8 Å². The number of nitrogens with zero attached hydrogens (tertiary/aromatic N) is 4. The number of amides is 1. The Labute approximate surface area is 155 Å². The van der Waals surface area contributed by atoms with Crippen LogP contribution < -0.4 is 0 Å². The Kier molecular flexibility index (Phi) is 4.23. The van der Waals surface area contributed by atoms with Gasteiger partial charge in [-0.15, -0.1) is 0 Å². The highest BCUT2D eigenvalue weighted by molar-refractivity contribution is 5.96. The highest BCUT2D eigenvalue weighted by Crippen LogP contribution is 2.33. The number of likely N-dealkylation sites (tertiary alicyclic amines) is 1. The lowest BCUT2D eigenvalue weighted by molar-refractivity contribution is 0.0685. The number of aryl methyl sites for hydroxylation is 1.